The van der Waals surface area contributed by atoms with Crippen molar-refractivity contribution in [3.05, 3.63) is 109 Å². The summed E-state index contributed by atoms with van der Waals surface area (Å²) in [6.45, 7) is 2.12. The van der Waals surface area contributed by atoms with E-state index in [1.807, 2.05) is 0 Å². The molecule has 2 nitrogen and oxygen atoms in total. The molecule has 0 unspecified atom stereocenters. The predicted molar refractivity (Wildman–Crippen MR) is 142 cm³/mol. The van der Waals surface area contributed by atoms with Gasteiger partial charge in [0.2, 0.25) is 22.1 Å². The van der Waals surface area contributed by atoms with E-state index in [0.717, 1.165) is 13.1 Å². The Morgan fingerprint density at radius 2 is 0.639 bits per heavy atom. The van der Waals surface area contributed by atoms with Crippen LogP contribution >= 0.6 is 0 Å². The Balaban J connectivity index is 0.00000152. The first-order valence-electron chi connectivity index (χ1n) is 12.5. The van der Waals surface area contributed by atoms with Crippen molar-refractivity contribution in [1.29, 1.82) is 0 Å². The van der Waals surface area contributed by atoms with Crippen LogP contribution in [0.25, 0.3) is 43.6 Å². The van der Waals surface area contributed by atoms with Crippen molar-refractivity contribution in [3.8, 4) is 0 Å². The minimum absolute atomic E-state index is 0. The molecule has 6 rings (SSSR count). The van der Waals surface area contributed by atoms with E-state index in [-0.39, 0.29) is 48.0 Å². The number of nitrogens with zero attached hydrogens (tertiary/aromatic N) is 2. The van der Waals surface area contributed by atoms with Crippen LogP contribution in [0.4, 0.5) is 0 Å². The van der Waals surface area contributed by atoms with E-state index in [1.54, 1.807) is 0 Å². The van der Waals surface area contributed by atoms with Crippen LogP contribution in [0.2, 0.25) is 0 Å². The van der Waals surface area contributed by atoms with Crippen LogP contribution in [0.15, 0.2) is 109 Å². The van der Waals surface area contributed by atoms with Gasteiger partial charge in [0, 0.05) is 58.7 Å². The fraction of sp³-hybridized carbons (Fsp3) is 0.188. The summed E-state index contributed by atoms with van der Waals surface area (Å²) < 4.78 is 5.02. The summed E-state index contributed by atoms with van der Waals surface area (Å²) in [6, 6.07) is 39.7. The SMILES string of the molecule is [I-].[I-].c1ccc2c(c1)cc1ccccc1[n+]2CCCCCC[n+]1c2ccccc2cc2ccccc21. The smallest absolute Gasteiger partial charge is 0.212 e. The first-order chi connectivity index (χ1) is 16.9. The lowest BCUT2D eigenvalue weighted by Crippen LogP contribution is -3.00. The molecular formula is C32H30I2N2. The Bertz CT molecular complexity index is 1400. The van der Waals surface area contributed by atoms with E-state index >= 15 is 0 Å². The van der Waals surface area contributed by atoms with Gasteiger partial charge in [-0.15, -0.1) is 0 Å². The molecule has 2 heterocycles. The van der Waals surface area contributed by atoms with Crippen molar-refractivity contribution in [2.75, 3.05) is 0 Å². The largest absolute Gasteiger partial charge is 1.00 e. The average molecular weight is 696 g/mol. The summed E-state index contributed by atoms with van der Waals surface area (Å²) in [6.07, 6.45) is 4.88. The Morgan fingerprint density at radius 1 is 0.361 bits per heavy atom. The van der Waals surface area contributed by atoms with Gasteiger partial charge in [0.25, 0.3) is 0 Å². The maximum absolute atomic E-state index is 2.51. The summed E-state index contributed by atoms with van der Waals surface area (Å²) >= 11 is 0. The van der Waals surface area contributed by atoms with Crippen LogP contribution in [0.1, 0.15) is 25.7 Å². The zero-order valence-corrected chi connectivity index (χ0v) is 24.6. The molecule has 0 aliphatic rings. The number of rotatable bonds is 7. The van der Waals surface area contributed by atoms with Crippen molar-refractivity contribution in [3.63, 3.8) is 0 Å². The van der Waals surface area contributed by atoms with E-state index in [0.29, 0.717) is 0 Å². The zero-order chi connectivity index (χ0) is 22.7. The van der Waals surface area contributed by atoms with Gasteiger partial charge in [-0.3, -0.25) is 0 Å². The van der Waals surface area contributed by atoms with Gasteiger partial charge in [0.05, 0.1) is 0 Å². The number of hydrogen-bond acceptors (Lipinski definition) is 0. The highest BCUT2D eigenvalue weighted by Gasteiger charge is 2.16. The van der Waals surface area contributed by atoms with Gasteiger partial charge in [0.15, 0.2) is 0 Å². The van der Waals surface area contributed by atoms with Crippen molar-refractivity contribution in [2.45, 2.75) is 38.8 Å². The van der Waals surface area contributed by atoms with E-state index in [2.05, 4.69) is 118 Å². The summed E-state index contributed by atoms with van der Waals surface area (Å²) in [5.74, 6) is 0. The lowest BCUT2D eigenvalue weighted by atomic mass is 10.1. The van der Waals surface area contributed by atoms with Gasteiger partial charge in [0.1, 0.15) is 13.1 Å². The molecule has 36 heavy (non-hydrogen) atoms. The molecule has 0 fully saturated rings. The summed E-state index contributed by atoms with van der Waals surface area (Å²) in [5, 5.41) is 5.28. The molecule has 2 aromatic heterocycles. The highest BCUT2D eigenvalue weighted by molar-refractivity contribution is 5.89. The molecular weight excluding hydrogens is 666 g/mol. The molecule has 4 heteroatoms. The highest BCUT2D eigenvalue weighted by Crippen LogP contribution is 2.20. The zero-order valence-electron chi connectivity index (χ0n) is 20.3. The van der Waals surface area contributed by atoms with E-state index in [1.165, 1.54) is 69.3 Å². The van der Waals surface area contributed by atoms with Gasteiger partial charge in [-0.05, 0) is 49.2 Å². The molecule has 0 radical (unpaired) electrons. The minimum atomic E-state index is 0. The Morgan fingerprint density at radius 3 is 0.944 bits per heavy atom. The standard InChI is InChI=1S/C32H30N2.2HI/c1(11-21-33-29-17-7-3-13-25(29)23-26-14-4-8-18-30(26)33)2-12-22-34-31-19-9-5-15-27(31)24-28-16-6-10-20-32(28)34;;/h3-10,13-20,23-24H,1-2,11-12,21-22H2;2*1H/q+2;;/p-2. The monoisotopic (exact) mass is 696 g/mol. The van der Waals surface area contributed by atoms with E-state index < -0.39 is 0 Å². The first-order valence-corrected chi connectivity index (χ1v) is 12.5. The number of pyridine rings is 2. The van der Waals surface area contributed by atoms with Gasteiger partial charge in [-0.2, -0.15) is 9.13 Å². The number of benzene rings is 4. The van der Waals surface area contributed by atoms with Crippen LogP contribution in [0, 0.1) is 0 Å². The van der Waals surface area contributed by atoms with Gasteiger partial charge in [-0.1, -0.05) is 48.5 Å². The number of hydrogen-bond donors (Lipinski definition) is 0. The lowest BCUT2D eigenvalue weighted by Gasteiger charge is -2.07. The second kappa shape index (κ2) is 12.3. The van der Waals surface area contributed by atoms with Crippen molar-refractivity contribution in [1.82, 2.24) is 0 Å². The van der Waals surface area contributed by atoms with E-state index in [9.17, 15) is 0 Å². The number of fused-ring (bicyclic) bond motifs is 4. The maximum Gasteiger partial charge on any atom is 0.212 e. The summed E-state index contributed by atoms with van der Waals surface area (Å²) in [7, 11) is 0. The molecule has 0 N–H and O–H groups in total. The quantitative estimate of drug-likeness (QED) is 0.103. The third-order valence-corrected chi connectivity index (χ3v) is 7.05. The van der Waals surface area contributed by atoms with Crippen LogP contribution < -0.4 is 57.1 Å². The fourth-order valence-electron chi connectivity index (χ4n) is 5.39. The van der Waals surface area contributed by atoms with E-state index in [4.69, 9.17) is 0 Å². The normalized spacial score (nSPS) is 11.0. The van der Waals surface area contributed by atoms with Crippen molar-refractivity contribution >= 4 is 43.6 Å². The number of halogens is 2. The molecule has 0 aliphatic carbocycles. The molecule has 0 saturated carbocycles. The topological polar surface area (TPSA) is 7.76 Å². The number of aryl methyl sites for hydroxylation is 2. The predicted octanol–water partition coefficient (Wildman–Crippen LogP) is 1.14. The molecule has 4 aromatic carbocycles. The molecule has 182 valence electrons. The van der Waals surface area contributed by atoms with Crippen LogP contribution in [-0.4, -0.2) is 0 Å². The number of para-hydroxylation sites is 4. The fourth-order valence-corrected chi connectivity index (χ4v) is 5.39. The maximum atomic E-state index is 2.51. The molecule has 0 atom stereocenters. The van der Waals surface area contributed by atoms with Crippen LogP contribution in [-0.2, 0) is 13.1 Å². The molecule has 0 bridgehead atoms. The second-order valence-corrected chi connectivity index (χ2v) is 9.24. The Kier molecular flexibility index (Phi) is 9.12. The Labute approximate surface area is 247 Å². The molecule has 0 spiro atoms. The Hall–Kier alpha value is -2.32. The number of aromatic nitrogens is 2. The second-order valence-electron chi connectivity index (χ2n) is 9.24. The third kappa shape index (κ3) is 5.35. The molecule has 6 aromatic rings. The minimum Gasteiger partial charge on any atom is -1.00 e. The summed E-state index contributed by atoms with van der Waals surface area (Å²) in [4.78, 5) is 0. The van der Waals surface area contributed by atoms with Gasteiger partial charge >= 0.3 is 0 Å². The van der Waals surface area contributed by atoms with Gasteiger partial charge in [-0.25, -0.2) is 0 Å². The van der Waals surface area contributed by atoms with Crippen molar-refractivity contribution < 1.29 is 57.1 Å². The van der Waals surface area contributed by atoms with Gasteiger partial charge < -0.3 is 48.0 Å². The molecule has 0 aliphatic heterocycles. The third-order valence-electron chi connectivity index (χ3n) is 7.05. The molecule has 0 saturated heterocycles. The summed E-state index contributed by atoms with van der Waals surface area (Å²) in [5.41, 5.74) is 5.33. The first kappa shape index (κ1) is 26.7. The average Bonchev–Trinajstić information content (AvgIpc) is 2.89. The molecule has 0 amide bonds. The van der Waals surface area contributed by atoms with Crippen LogP contribution in [0.5, 0.6) is 0 Å². The lowest BCUT2D eigenvalue weighted by molar-refractivity contribution is -0.647. The number of unbranched alkanes of at least 4 members (excludes halogenated alkanes) is 3. The van der Waals surface area contributed by atoms with Crippen molar-refractivity contribution in [2.24, 2.45) is 0 Å². The highest BCUT2D eigenvalue weighted by atomic mass is 127. The van der Waals surface area contributed by atoms with Crippen LogP contribution in [0.3, 0.4) is 0 Å².